The molecule has 1 rings (SSSR count). The van der Waals surface area contributed by atoms with Gasteiger partial charge in [-0.05, 0) is 38.0 Å². The van der Waals surface area contributed by atoms with Crippen molar-refractivity contribution in [1.82, 2.24) is 0 Å². The molecule has 0 saturated heterocycles. The molecule has 0 radical (unpaired) electrons. The van der Waals surface area contributed by atoms with Gasteiger partial charge in [-0.15, -0.1) is 0 Å². The maximum atomic E-state index is 13.2. The van der Waals surface area contributed by atoms with Crippen molar-refractivity contribution in [1.29, 1.82) is 0 Å². The minimum atomic E-state index is -0.441. The van der Waals surface area contributed by atoms with Crippen molar-refractivity contribution in [2.45, 2.75) is 20.8 Å². The Morgan fingerprint density at radius 1 is 1.38 bits per heavy atom. The van der Waals surface area contributed by atoms with Crippen LogP contribution in [0.4, 0.5) is 4.39 Å². The standard InChI is InChI=1S/C10H10ClFO/c1-5-6(2)10(12)9(11)4-8(5)7(3)13/h4H,1-3H3. The van der Waals surface area contributed by atoms with Crippen LogP contribution in [-0.2, 0) is 0 Å². The van der Waals surface area contributed by atoms with E-state index in [1.807, 2.05) is 0 Å². The highest BCUT2D eigenvalue weighted by Crippen LogP contribution is 2.24. The molecule has 1 aromatic carbocycles. The number of benzene rings is 1. The van der Waals surface area contributed by atoms with E-state index in [-0.39, 0.29) is 10.8 Å². The smallest absolute Gasteiger partial charge is 0.160 e. The first kappa shape index (κ1) is 10.2. The molecule has 0 bridgehead atoms. The summed E-state index contributed by atoms with van der Waals surface area (Å²) in [5, 5.41) is 0.00769. The van der Waals surface area contributed by atoms with Crippen LogP contribution in [0.15, 0.2) is 6.07 Å². The van der Waals surface area contributed by atoms with E-state index in [0.717, 1.165) is 0 Å². The van der Waals surface area contributed by atoms with Gasteiger partial charge in [-0.25, -0.2) is 4.39 Å². The highest BCUT2D eigenvalue weighted by atomic mass is 35.5. The largest absolute Gasteiger partial charge is 0.295 e. The number of hydrogen-bond acceptors (Lipinski definition) is 1. The molecule has 0 N–H and O–H groups in total. The molecule has 0 heterocycles. The topological polar surface area (TPSA) is 17.1 Å². The van der Waals surface area contributed by atoms with Crippen LogP contribution in [0.25, 0.3) is 0 Å². The van der Waals surface area contributed by atoms with Gasteiger partial charge in [0.1, 0.15) is 5.82 Å². The lowest BCUT2D eigenvalue weighted by atomic mass is 10.0. The van der Waals surface area contributed by atoms with Gasteiger partial charge in [-0.1, -0.05) is 11.6 Å². The lowest BCUT2D eigenvalue weighted by Gasteiger charge is -2.08. The van der Waals surface area contributed by atoms with E-state index in [9.17, 15) is 9.18 Å². The van der Waals surface area contributed by atoms with Crippen molar-refractivity contribution in [2.24, 2.45) is 0 Å². The molecule has 1 nitrogen and oxygen atoms in total. The fourth-order valence-electron chi connectivity index (χ4n) is 1.21. The Bertz CT molecular complexity index is 372. The summed E-state index contributed by atoms with van der Waals surface area (Å²) >= 11 is 5.61. The molecular formula is C10H10ClFO. The predicted molar refractivity (Wildman–Crippen MR) is 50.9 cm³/mol. The van der Waals surface area contributed by atoms with Crippen molar-refractivity contribution in [3.63, 3.8) is 0 Å². The molecule has 0 amide bonds. The number of hydrogen-bond donors (Lipinski definition) is 0. The van der Waals surface area contributed by atoms with Gasteiger partial charge < -0.3 is 0 Å². The van der Waals surface area contributed by atoms with Crippen molar-refractivity contribution in [3.8, 4) is 0 Å². The summed E-state index contributed by atoms with van der Waals surface area (Å²) in [6, 6.07) is 1.38. The van der Waals surface area contributed by atoms with Gasteiger partial charge in [0.25, 0.3) is 0 Å². The van der Waals surface area contributed by atoms with E-state index in [0.29, 0.717) is 16.7 Å². The fraction of sp³-hybridized carbons (Fsp3) is 0.300. The van der Waals surface area contributed by atoms with Gasteiger partial charge in [0.05, 0.1) is 5.02 Å². The second-order valence-corrected chi connectivity index (χ2v) is 3.43. The SMILES string of the molecule is CC(=O)c1cc(Cl)c(F)c(C)c1C. The van der Waals surface area contributed by atoms with Gasteiger partial charge in [-0.2, -0.15) is 0 Å². The van der Waals surface area contributed by atoms with Crippen LogP contribution in [0, 0.1) is 19.7 Å². The minimum Gasteiger partial charge on any atom is -0.295 e. The second-order valence-electron chi connectivity index (χ2n) is 3.03. The molecule has 0 spiro atoms. The Morgan fingerprint density at radius 3 is 2.38 bits per heavy atom. The summed E-state index contributed by atoms with van der Waals surface area (Å²) in [6.07, 6.45) is 0. The fourth-order valence-corrected chi connectivity index (χ4v) is 1.46. The molecule has 0 aliphatic rings. The number of rotatable bonds is 1. The summed E-state index contributed by atoms with van der Waals surface area (Å²) in [4.78, 5) is 11.1. The Hall–Kier alpha value is -0.890. The van der Waals surface area contributed by atoms with E-state index in [2.05, 4.69) is 0 Å². The third-order valence-corrected chi connectivity index (χ3v) is 2.43. The molecule has 70 valence electrons. The molecule has 0 aromatic heterocycles. The van der Waals surface area contributed by atoms with Gasteiger partial charge in [0.15, 0.2) is 5.78 Å². The molecule has 1 aromatic rings. The Kier molecular flexibility index (Phi) is 2.71. The van der Waals surface area contributed by atoms with Crippen LogP contribution in [-0.4, -0.2) is 5.78 Å². The first-order valence-corrected chi connectivity index (χ1v) is 4.29. The molecule has 3 heteroatoms. The normalized spacial score (nSPS) is 10.2. The maximum absolute atomic E-state index is 13.2. The average Bonchev–Trinajstić information content (AvgIpc) is 2.07. The number of halogens is 2. The predicted octanol–water partition coefficient (Wildman–Crippen LogP) is 3.30. The third kappa shape index (κ3) is 1.73. The van der Waals surface area contributed by atoms with E-state index < -0.39 is 5.82 Å². The van der Waals surface area contributed by atoms with Crippen LogP contribution in [0.3, 0.4) is 0 Å². The van der Waals surface area contributed by atoms with Crippen LogP contribution in [0.2, 0.25) is 5.02 Å². The maximum Gasteiger partial charge on any atom is 0.160 e. The molecule has 0 aliphatic heterocycles. The highest BCUT2D eigenvalue weighted by Gasteiger charge is 2.13. The average molecular weight is 201 g/mol. The molecule has 0 atom stereocenters. The Labute approximate surface area is 81.5 Å². The van der Waals surface area contributed by atoms with Crippen LogP contribution < -0.4 is 0 Å². The molecular weight excluding hydrogens is 191 g/mol. The van der Waals surface area contributed by atoms with E-state index in [4.69, 9.17) is 11.6 Å². The van der Waals surface area contributed by atoms with Crippen molar-refractivity contribution in [3.05, 3.63) is 33.6 Å². The summed E-state index contributed by atoms with van der Waals surface area (Å²) in [5.74, 6) is -0.535. The van der Waals surface area contributed by atoms with E-state index in [1.54, 1.807) is 13.8 Å². The zero-order chi connectivity index (χ0) is 10.2. The lowest BCUT2D eigenvalue weighted by molar-refractivity contribution is 0.101. The van der Waals surface area contributed by atoms with Crippen LogP contribution >= 0.6 is 11.6 Å². The molecule has 0 fully saturated rings. The molecule has 13 heavy (non-hydrogen) atoms. The summed E-state index contributed by atoms with van der Waals surface area (Å²) in [7, 11) is 0. The van der Waals surface area contributed by atoms with Crippen molar-refractivity contribution >= 4 is 17.4 Å². The van der Waals surface area contributed by atoms with Gasteiger partial charge >= 0.3 is 0 Å². The second kappa shape index (κ2) is 3.46. The van der Waals surface area contributed by atoms with Crippen molar-refractivity contribution < 1.29 is 9.18 Å². The van der Waals surface area contributed by atoms with Crippen LogP contribution in [0.5, 0.6) is 0 Å². The third-order valence-electron chi connectivity index (χ3n) is 2.16. The molecule has 0 saturated carbocycles. The number of carbonyl (C=O) groups excluding carboxylic acids is 1. The number of ketones is 1. The summed E-state index contributed by atoms with van der Waals surface area (Å²) in [5.41, 5.74) is 1.59. The van der Waals surface area contributed by atoms with E-state index >= 15 is 0 Å². The first-order valence-electron chi connectivity index (χ1n) is 3.91. The van der Waals surface area contributed by atoms with Gasteiger partial charge in [0.2, 0.25) is 0 Å². The quantitative estimate of drug-likeness (QED) is 0.636. The van der Waals surface area contributed by atoms with Gasteiger partial charge in [0, 0.05) is 5.56 Å². The van der Waals surface area contributed by atoms with Crippen LogP contribution in [0.1, 0.15) is 28.4 Å². The monoisotopic (exact) mass is 200 g/mol. The first-order chi connectivity index (χ1) is 5.95. The highest BCUT2D eigenvalue weighted by molar-refractivity contribution is 6.31. The Balaban J connectivity index is 3.50. The number of carbonyl (C=O) groups is 1. The van der Waals surface area contributed by atoms with Crippen molar-refractivity contribution in [2.75, 3.05) is 0 Å². The molecule has 0 unspecified atom stereocenters. The zero-order valence-electron chi connectivity index (χ0n) is 7.74. The lowest BCUT2D eigenvalue weighted by Crippen LogP contribution is -2.01. The molecule has 0 aliphatic carbocycles. The van der Waals surface area contributed by atoms with Gasteiger partial charge in [-0.3, -0.25) is 4.79 Å². The summed E-state index contributed by atoms with van der Waals surface area (Å²) in [6.45, 7) is 4.77. The van der Waals surface area contributed by atoms with E-state index in [1.165, 1.54) is 13.0 Å². The Morgan fingerprint density at radius 2 is 1.92 bits per heavy atom. The zero-order valence-corrected chi connectivity index (χ0v) is 8.50. The summed E-state index contributed by atoms with van der Waals surface area (Å²) < 4.78 is 13.2. The minimum absolute atomic E-state index is 0.00769. The number of Topliss-reactive ketones (excluding diaryl/α,β-unsaturated/α-hetero) is 1.